The van der Waals surface area contributed by atoms with Gasteiger partial charge in [-0.3, -0.25) is 5.32 Å². The first kappa shape index (κ1) is 18.3. The lowest BCUT2D eigenvalue weighted by molar-refractivity contribution is -0.131. The lowest BCUT2D eigenvalue weighted by atomic mass is 10.1. The molecule has 0 aliphatic rings. The van der Waals surface area contributed by atoms with E-state index in [9.17, 15) is 9.59 Å². The molecule has 1 amide bonds. The van der Waals surface area contributed by atoms with Gasteiger partial charge in [-0.2, -0.15) is 0 Å². The number of aliphatic carboxylic acids is 1. The van der Waals surface area contributed by atoms with E-state index in [1.54, 1.807) is 26.8 Å². The number of carbonyl (C=O) groups excluding carboxylic acids is 1. The molecule has 1 aromatic rings. The van der Waals surface area contributed by atoms with Crippen molar-refractivity contribution in [3.05, 3.63) is 23.8 Å². The summed E-state index contributed by atoms with van der Waals surface area (Å²) in [6, 6.07) is 3.09. The molecule has 0 spiro atoms. The fourth-order valence-electron chi connectivity index (χ4n) is 1.72. The average molecular weight is 323 g/mol. The second kappa shape index (κ2) is 7.53. The molecule has 2 N–H and O–H groups in total. The maximum Gasteiger partial charge on any atom is 0.412 e. The Morgan fingerprint density at radius 2 is 1.70 bits per heavy atom. The van der Waals surface area contributed by atoms with Crippen molar-refractivity contribution < 1.29 is 28.9 Å². The SMILES string of the molecule is COc1cc(/C=C/C(=O)O)c(NC(=O)OC(C)(C)C)cc1OC. The van der Waals surface area contributed by atoms with Gasteiger partial charge in [-0.1, -0.05) is 0 Å². The third-order valence-corrected chi connectivity index (χ3v) is 2.60. The zero-order chi connectivity index (χ0) is 17.6. The molecule has 0 heterocycles. The van der Waals surface area contributed by atoms with Gasteiger partial charge >= 0.3 is 12.1 Å². The molecular weight excluding hydrogens is 302 g/mol. The second-order valence-corrected chi connectivity index (χ2v) is 5.59. The molecule has 0 radical (unpaired) electrons. The van der Waals surface area contributed by atoms with Crippen LogP contribution in [-0.4, -0.2) is 37.0 Å². The maximum absolute atomic E-state index is 11.9. The van der Waals surface area contributed by atoms with Crippen LogP contribution in [0.2, 0.25) is 0 Å². The van der Waals surface area contributed by atoms with E-state index in [4.69, 9.17) is 19.3 Å². The van der Waals surface area contributed by atoms with Crippen molar-refractivity contribution in [3.8, 4) is 11.5 Å². The lowest BCUT2D eigenvalue weighted by Gasteiger charge is -2.20. The third kappa shape index (κ3) is 5.90. The summed E-state index contributed by atoms with van der Waals surface area (Å²) in [4.78, 5) is 22.6. The molecule has 0 unspecified atom stereocenters. The molecule has 0 fully saturated rings. The highest BCUT2D eigenvalue weighted by Crippen LogP contribution is 2.34. The number of amides is 1. The Morgan fingerprint density at radius 1 is 1.13 bits per heavy atom. The molecule has 7 nitrogen and oxygen atoms in total. The van der Waals surface area contributed by atoms with Gasteiger partial charge in [0, 0.05) is 17.7 Å². The van der Waals surface area contributed by atoms with E-state index in [0.717, 1.165) is 6.08 Å². The monoisotopic (exact) mass is 323 g/mol. The van der Waals surface area contributed by atoms with Gasteiger partial charge in [0.05, 0.1) is 19.9 Å². The number of anilines is 1. The van der Waals surface area contributed by atoms with Gasteiger partial charge in [-0.25, -0.2) is 9.59 Å². The first-order valence-electron chi connectivity index (χ1n) is 6.83. The smallest absolute Gasteiger partial charge is 0.412 e. The number of ether oxygens (including phenoxy) is 3. The van der Waals surface area contributed by atoms with Crippen molar-refractivity contribution in [2.45, 2.75) is 26.4 Å². The van der Waals surface area contributed by atoms with E-state index in [1.165, 1.54) is 26.4 Å². The van der Waals surface area contributed by atoms with Crippen LogP contribution in [0.5, 0.6) is 11.5 Å². The van der Waals surface area contributed by atoms with Gasteiger partial charge in [0.25, 0.3) is 0 Å². The predicted molar refractivity (Wildman–Crippen MR) is 86.1 cm³/mol. The van der Waals surface area contributed by atoms with Crippen LogP contribution in [0.15, 0.2) is 18.2 Å². The highest BCUT2D eigenvalue weighted by molar-refractivity contribution is 5.92. The van der Waals surface area contributed by atoms with Crippen LogP contribution >= 0.6 is 0 Å². The van der Waals surface area contributed by atoms with E-state index in [-0.39, 0.29) is 0 Å². The molecule has 0 aromatic heterocycles. The molecule has 1 rings (SSSR count). The largest absolute Gasteiger partial charge is 0.493 e. The number of hydrogen-bond donors (Lipinski definition) is 2. The van der Waals surface area contributed by atoms with Crippen LogP contribution in [0.3, 0.4) is 0 Å². The van der Waals surface area contributed by atoms with Gasteiger partial charge in [-0.15, -0.1) is 0 Å². The first-order valence-corrected chi connectivity index (χ1v) is 6.83. The van der Waals surface area contributed by atoms with Crippen LogP contribution in [-0.2, 0) is 9.53 Å². The number of methoxy groups -OCH3 is 2. The Hall–Kier alpha value is -2.70. The average Bonchev–Trinajstić information content (AvgIpc) is 2.43. The van der Waals surface area contributed by atoms with E-state index < -0.39 is 17.7 Å². The van der Waals surface area contributed by atoms with E-state index in [0.29, 0.717) is 22.7 Å². The Morgan fingerprint density at radius 3 is 2.17 bits per heavy atom. The van der Waals surface area contributed by atoms with Crippen molar-refractivity contribution in [3.63, 3.8) is 0 Å². The molecule has 0 aliphatic heterocycles. The summed E-state index contributed by atoms with van der Waals surface area (Å²) in [5.41, 5.74) is 0.128. The number of benzene rings is 1. The third-order valence-electron chi connectivity index (χ3n) is 2.60. The second-order valence-electron chi connectivity index (χ2n) is 5.59. The van der Waals surface area contributed by atoms with Gasteiger partial charge in [-0.05, 0) is 32.9 Å². The Kier molecular flexibility index (Phi) is 6.01. The molecule has 0 bridgehead atoms. The number of nitrogens with one attached hydrogen (secondary N) is 1. The minimum Gasteiger partial charge on any atom is -0.493 e. The van der Waals surface area contributed by atoms with Crippen LogP contribution < -0.4 is 14.8 Å². The number of carboxylic acid groups (broad SMARTS) is 1. The summed E-state index contributed by atoms with van der Waals surface area (Å²) < 4.78 is 15.5. The van der Waals surface area contributed by atoms with Crippen molar-refractivity contribution in [2.24, 2.45) is 0 Å². The topological polar surface area (TPSA) is 94.1 Å². The van der Waals surface area contributed by atoms with Crippen molar-refractivity contribution in [1.29, 1.82) is 0 Å². The van der Waals surface area contributed by atoms with E-state index >= 15 is 0 Å². The first-order chi connectivity index (χ1) is 10.7. The molecule has 0 saturated heterocycles. The Balaban J connectivity index is 3.20. The van der Waals surface area contributed by atoms with Gasteiger partial charge in [0.2, 0.25) is 0 Å². The van der Waals surface area contributed by atoms with Crippen LogP contribution in [0.25, 0.3) is 6.08 Å². The summed E-state index contributed by atoms with van der Waals surface area (Å²) in [5, 5.41) is 11.3. The molecule has 0 atom stereocenters. The zero-order valence-electron chi connectivity index (χ0n) is 13.8. The van der Waals surface area contributed by atoms with Gasteiger partial charge in [0.1, 0.15) is 5.60 Å². The van der Waals surface area contributed by atoms with E-state index in [1.807, 2.05) is 0 Å². The summed E-state index contributed by atoms with van der Waals surface area (Å²) in [6.07, 6.45) is 1.65. The normalized spacial score (nSPS) is 11.2. The fourth-order valence-corrected chi connectivity index (χ4v) is 1.72. The van der Waals surface area contributed by atoms with Gasteiger partial charge in [0.15, 0.2) is 11.5 Å². The zero-order valence-corrected chi connectivity index (χ0v) is 13.8. The Bertz CT molecular complexity index is 616. The summed E-state index contributed by atoms with van der Waals surface area (Å²) >= 11 is 0. The molecular formula is C16H21NO6. The minimum atomic E-state index is -1.11. The number of hydrogen-bond acceptors (Lipinski definition) is 5. The molecule has 7 heteroatoms. The highest BCUT2D eigenvalue weighted by atomic mass is 16.6. The van der Waals surface area contributed by atoms with Gasteiger partial charge < -0.3 is 19.3 Å². The van der Waals surface area contributed by atoms with E-state index in [2.05, 4.69) is 5.32 Å². The predicted octanol–water partition coefficient (Wildman–Crippen LogP) is 3.15. The van der Waals surface area contributed by atoms with Crippen LogP contribution in [0, 0.1) is 0 Å². The van der Waals surface area contributed by atoms with Crippen LogP contribution in [0.1, 0.15) is 26.3 Å². The van der Waals surface area contributed by atoms with Crippen molar-refractivity contribution in [1.82, 2.24) is 0 Å². The number of rotatable bonds is 5. The highest BCUT2D eigenvalue weighted by Gasteiger charge is 2.18. The quantitative estimate of drug-likeness (QED) is 0.808. The summed E-state index contributed by atoms with van der Waals surface area (Å²) in [6.45, 7) is 5.23. The van der Waals surface area contributed by atoms with Crippen molar-refractivity contribution >= 4 is 23.8 Å². The number of carboxylic acids is 1. The molecule has 126 valence electrons. The molecule has 23 heavy (non-hydrogen) atoms. The maximum atomic E-state index is 11.9. The fraction of sp³-hybridized carbons (Fsp3) is 0.375. The number of carbonyl (C=O) groups is 2. The van der Waals surface area contributed by atoms with Crippen molar-refractivity contribution in [2.75, 3.05) is 19.5 Å². The summed E-state index contributed by atoms with van der Waals surface area (Å²) in [7, 11) is 2.92. The summed E-state index contributed by atoms with van der Waals surface area (Å²) in [5.74, 6) is -0.304. The van der Waals surface area contributed by atoms with Crippen LogP contribution in [0.4, 0.5) is 10.5 Å². The molecule has 1 aromatic carbocycles. The molecule has 0 saturated carbocycles. The molecule has 0 aliphatic carbocycles. The Labute approximate surface area is 134 Å². The lowest BCUT2D eigenvalue weighted by Crippen LogP contribution is -2.27. The minimum absolute atomic E-state index is 0.342. The standard InChI is InChI=1S/C16H21NO6/c1-16(2,3)23-15(20)17-11-9-13(22-5)12(21-4)8-10(11)6-7-14(18)19/h6-9H,1-5H3,(H,17,20)(H,18,19)/b7-6+.